The first-order valence-electron chi connectivity index (χ1n) is 5.73. The highest BCUT2D eigenvalue weighted by Gasteiger charge is 2.30. The Morgan fingerprint density at radius 1 is 1.39 bits per heavy atom. The predicted octanol–water partition coefficient (Wildman–Crippen LogP) is -0.123. The lowest BCUT2D eigenvalue weighted by atomic mass is 10.2. The maximum atomic E-state index is 11.3. The van der Waals surface area contributed by atoms with Gasteiger partial charge in [0.1, 0.15) is 0 Å². The van der Waals surface area contributed by atoms with Gasteiger partial charge in [-0.15, -0.1) is 0 Å². The minimum absolute atomic E-state index is 0.00442. The van der Waals surface area contributed by atoms with Crippen molar-refractivity contribution in [1.29, 1.82) is 0 Å². The molecule has 0 radical (unpaired) electrons. The van der Waals surface area contributed by atoms with Gasteiger partial charge in [-0.2, -0.15) is 0 Å². The third-order valence-corrected chi connectivity index (χ3v) is 3.88. The lowest BCUT2D eigenvalue weighted by Crippen LogP contribution is -2.30. The first kappa shape index (κ1) is 13.1. The molecule has 0 aliphatic heterocycles. The number of primary sulfonamides is 1. The molecule has 18 heavy (non-hydrogen) atoms. The molecule has 6 nitrogen and oxygen atoms in total. The van der Waals surface area contributed by atoms with Gasteiger partial charge in [0.05, 0.1) is 22.9 Å². The maximum absolute atomic E-state index is 11.3. The number of benzene rings is 1. The number of nitrogens with zero attached hydrogens (tertiary/aromatic N) is 1. The van der Waals surface area contributed by atoms with Crippen LogP contribution >= 0.6 is 0 Å². The van der Waals surface area contributed by atoms with Crippen LogP contribution in [0.5, 0.6) is 0 Å². The van der Waals surface area contributed by atoms with Crippen molar-refractivity contribution in [3.8, 4) is 0 Å². The van der Waals surface area contributed by atoms with Gasteiger partial charge in [0, 0.05) is 12.6 Å². The number of hydrogen-bond acceptors (Lipinski definition) is 5. The van der Waals surface area contributed by atoms with Crippen molar-refractivity contribution in [3.63, 3.8) is 0 Å². The van der Waals surface area contributed by atoms with E-state index in [4.69, 9.17) is 16.0 Å². The highest BCUT2D eigenvalue weighted by atomic mass is 32.2. The number of aliphatic hydroxyl groups is 1. The SMILES string of the molecule is Nc1ccc(S(N)(=O)=O)cc1N(CCO)C1CC1. The topological polar surface area (TPSA) is 110 Å². The number of nitrogens with two attached hydrogens (primary N) is 2. The Morgan fingerprint density at radius 2 is 2.06 bits per heavy atom. The van der Waals surface area contributed by atoms with Crippen LogP contribution in [0.1, 0.15) is 12.8 Å². The molecule has 5 N–H and O–H groups in total. The molecule has 0 heterocycles. The average molecular weight is 271 g/mol. The number of rotatable bonds is 5. The summed E-state index contributed by atoms with van der Waals surface area (Å²) < 4.78 is 22.7. The Labute approximate surface area is 106 Å². The van der Waals surface area contributed by atoms with E-state index in [0.29, 0.717) is 24.0 Å². The van der Waals surface area contributed by atoms with Crippen LogP contribution in [-0.2, 0) is 10.0 Å². The van der Waals surface area contributed by atoms with Crippen LogP contribution < -0.4 is 15.8 Å². The second-order valence-electron chi connectivity index (χ2n) is 4.41. The van der Waals surface area contributed by atoms with E-state index in [9.17, 15) is 8.42 Å². The van der Waals surface area contributed by atoms with Gasteiger partial charge < -0.3 is 15.7 Å². The zero-order valence-corrected chi connectivity index (χ0v) is 10.7. The van der Waals surface area contributed by atoms with Gasteiger partial charge in [-0.3, -0.25) is 0 Å². The molecule has 7 heteroatoms. The zero-order valence-electron chi connectivity index (χ0n) is 9.91. The Morgan fingerprint density at radius 3 is 2.56 bits per heavy atom. The smallest absolute Gasteiger partial charge is 0.238 e. The summed E-state index contributed by atoms with van der Waals surface area (Å²) in [7, 11) is -3.74. The number of hydrogen-bond donors (Lipinski definition) is 3. The lowest BCUT2D eigenvalue weighted by Gasteiger charge is -2.25. The van der Waals surface area contributed by atoms with E-state index in [0.717, 1.165) is 12.8 Å². The minimum atomic E-state index is -3.74. The van der Waals surface area contributed by atoms with Crippen LogP contribution in [0.4, 0.5) is 11.4 Å². The van der Waals surface area contributed by atoms with Crippen LogP contribution in [0, 0.1) is 0 Å². The number of aliphatic hydroxyl groups excluding tert-OH is 1. The second kappa shape index (κ2) is 4.75. The van der Waals surface area contributed by atoms with E-state index in [1.807, 2.05) is 4.90 Å². The predicted molar refractivity (Wildman–Crippen MR) is 69.7 cm³/mol. The van der Waals surface area contributed by atoms with E-state index >= 15 is 0 Å². The Kier molecular flexibility index (Phi) is 3.47. The normalized spacial score (nSPS) is 15.7. The van der Waals surface area contributed by atoms with Gasteiger partial charge in [-0.25, -0.2) is 13.6 Å². The molecule has 2 rings (SSSR count). The fourth-order valence-corrected chi connectivity index (χ4v) is 2.48. The van der Waals surface area contributed by atoms with Crippen molar-refractivity contribution in [2.45, 2.75) is 23.8 Å². The molecule has 1 saturated carbocycles. The second-order valence-corrected chi connectivity index (χ2v) is 5.98. The molecular weight excluding hydrogens is 254 g/mol. The van der Waals surface area contributed by atoms with Crippen LogP contribution in [0.2, 0.25) is 0 Å². The molecule has 1 aliphatic rings. The monoisotopic (exact) mass is 271 g/mol. The molecule has 0 saturated heterocycles. The van der Waals surface area contributed by atoms with E-state index in [2.05, 4.69) is 0 Å². The largest absolute Gasteiger partial charge is 0.397 e. The van der Waals surface area contributed by atoms with Crippen LogP contribution in [0.25, 0.3) is 0 Å². The highest BCUT2D eigenvalue weighted by molar-refractivity contribution is 7.89. The van der Waals surface area contributed by atoms with Crippen molar-refractivity contribution < 1.29 is 13.5 Å². The van der Waals surface area contributed by atoms with Crippen molar-refractivity contribution in [2.24, 2.45) is 5.14 Å². The molecule has 1 aromatic carbocycles. The summed E-state index contributed by atoms with van der Waals surface area (Å²) in [5, 5.41) is 14.2. The summed E-state index contributed by atoms with van der Waals surface area (Å²) in [5.41, 5.74) is 6.98. The first-order valence-corrected chi connectivity index (χ1v) is 7.28. The lowest BCUT2D eigenvalue weighted by molar-refractivity contribution is 0.301. The summed E-state index contributed by atoms with van der Waals surface area (Å²) in [6.07, 6.45) is 2.05. The summed E-state index contributed by atoms with van der Waals surface area (Å²) in [4.78, 5) is 1.97. The fraction of sp³-hybridized carbons (Fsp3) is 0.455. The Hall–Kier alpha value is -1.31. The van der Waals surface area contributed by atoms with Gasteiger partial charge >= 0.3 is 0 Å². The van der Waals surface area contributed by atoms with Crippen molar-refractivity contribution in [2.75, 3.05) is 23.8 Å². The maximum Gasteiger partial charge on any atom is 0.238 e. The molecule has 0 aromatic heterocycles. The van der Waals surface area contributed by atoms with E-state index in [1.54, 1.807) is 0 Å². The van der Waals surface area contributed by atoms with Crippen molar-refractivity contribution >= 4 is 21.4 Å². The van der Waals surface area contributed by atoms with E-state index in [-0.39, 0.29) is 11.5 Å². The number of nitrogen functional groups attached to an aromatic ring is 1. The molecule has 100 valence electrons. The molecule has 0 bridgehead atoms. The molecule has 0 amide bonds. The summed E-state index contributed by atoms with van der Waals surface area (Å²) >= 11 is 0. The van der Waals surface area contributed by atoms with Crippen molar-refractivity contribution in [3.05, 3.63) is 18.2 Å². The van der Waals surface area contributed by atoms with Gasteiger partial charge in [0.25, 0.3) is 0 Å². The molecular formula is C11H17N3O3S. The first-order chi connectivity index (χ1) is 8.43. The highest BCUT2D eigenvalue weighted by Crippen LogP contribution is 2.35. The molecule has 0 atom stereocenters. The van der Waals surface area contributed by atoms with Gasteiger partial charge in [-0.05, 0) is 31.0 Å². The molecule has 1 aliphatic carbocycles. The Bertz CT molecular complexity index is 540. The third-order valence-electron chi connectivity index (χ3n) is 2.97. The number of anilines is 2. The quantitative estimate of drug-likeness (QED) is 0.647. The number of sulfonamides is 1. The van der Waals surface area contributed by atoms with Gasteiger partial charge in [-0.1, -0.05) is 0 Å². The fourth-order valence-electron chi connectivity index (χ4n) is 1.94. The standard InChI is InChI=1S/C11H17N3O3S/c12-10-4-3-9(18(13,16)17)7-11(10)14(5-6-15)8-1-2-8/h3-4,7-8,15H,1-2,5-6,12H2,(H2,13,16,17). The van der Waals surface area contributed by atoms with E-state index < -0.39 is 10.0 Å². The molecule has 0 spiro atoms. The average Bonchev–Trinajstić information content (AvgIpc) is 3.09. The van der Waals surface area contributed by atoms with Crippen molar-refractivity contribution in [1.82, 2.24) is 0 Å². The van der Waals surface area contributed by atoms with Crippen LogP contribution in [0.3, 0.4) is 0 Å². The third kappa shape index (κ3) is 2.74. The Balaban J connectivity index is 2.41. The molecule has 1 fully saturated rings. The van der Waals surface area contributed by atoms with Gasteiger partial charge in [0.2, 0.25) is 10.0 Å². The van der Waals surface area contributed by atoms with Crippen LogP contribution in [0.15, 0.2) is 23.1 Å². The van der Waals surface area contributed by atoms with Crippen LogP contribution in [-0.4, -0.2) is 32.7 Å². The summed E-state index contributed by atoms with van der Waals surface area (Å²) in [6, 6.07) is 4.72. The zero-order chi connectivity index (χ0) is 13.3. The molecule has 0 unspecified atom stereocenters. The minimum Gasteiger partial charge on any atom is -0.397 e. The van der Waals surface area contributed by atoms with Gasteiger partial charge in [0.15, 0.2) is 0 Å². The summed E-state index contributed by atoms with van der Waals surface area (Å²) in [6.45, 7) is 0.429. The summed E-state index contributed by atoms with van der Waals surface area (Å²) in [5.74, 6) is 0. The molecule has 1 aromatic rings. The van der Waals surface area contributed by atoms with E-state index in [1.165, 1.54) is 18.2 Å².